The van der Waals surface area contributed by atoms with E-state index in [1.54, 1.807) is 0 Å². The second-order valence-corrected chi connectivity index (χ2v) is 7.37. The van der Waals surface area contributed by atoms with E-state index in [0.717, 1.165) is 29.5 Å². The third-order valence-electron chi connectivity index (χ3n) is 3.55. The first-order chi connectivity index (χ1) is 11.1. The summed E-state index contributed by atoms with van der Waals surface area (Å²) < 4.78 is 25.3. The molecular formula is C20H22O2S. The van der Waals surface area contributed by atoms with E-state index in [2.05, 4.69) is 13.5 Å². The summed E-state index contributed by atoms with van der Waals surface area (Å²) in [6.45, 7) is 5.63. The second-order valence-electron chi connectivity index (χ2n) is 5.40. The van der Waals surface area contributed by atoms with Crippen molar-refractivity contribution in [2.45, 2.75) is 24.7 Å². The fourth-order valence-corrected chi connectivity index (χ4v) is 4.11. The van der Waals surface area contributed by atoms with Gasteiger partial charge >= 0.3 is 0 Å². The van der Waals surface area contributed by atoms with Crippen LogP contribution in [0.15, 0.2) is 66.1 Å². The molecule has 0 heterocycles. The minimum atomic E-state index is -3.37. The molecule has 120 valence electrons. The van der Waals surface area contributed by atoms with Crippen molar-refractivity contribution in [3.8, 4) is 0 Å². The number of sulfone groups is 1. The molecule has 0 bridgehead atoms. The maximum atomic E-state index is 12.7. The normalized spacial score (nSPS) is 11.7. The minimum Gasteiger partial charge on any atom is -0.223 e. The van der Waals surface area contributed by atoms with Crippen LogP contribution in [0.2, 0.25) is 0 Å². The lowest BCUT2D eigenvalue weighted by molar-refractivity contribution is 0.597. The van der Waals surface area contributed by atoms with E-state index in [0.29, 0.717) is 4.90 Å². The monoisotopic (exact) mass is 326 g/mol. The van der Waals surface area contributed by atoms with Gasteiger partial charge in [0.05, 0.1) is 10.6 Å². The summed E-state index contributed by atoms with van der Waals surface area (Å²) in [5.74, 6) is -0.0418. The summed E-state index contributed by atoms with van der Waals surface area (Å²) in [6, 6.07) is 15.5. The number of benzene rings is 2. The van der Waals surface area contributed by atoms with Gasteiger partial charge in [0.25, 0.3) is 0 Å². The first-order valence-corrected chi connectivity index (χ1v) is 9.42. The molecule has 23 heavy (non-hydrogen) atoms. The van der Waals surface area contributed by atoms with Gasteiger partial charge < -0.3 is 0 Å². The summed E-state index contributed by atoms with van der Waals surface area (Å²) in [5.41, 5.74) is 2.66. The Labute approximate surface area is 139 Å². The fourth-order valence-electron chi connectivity index (χ4n) is 2.57. The van der Waals surface area contributed by atoms with E-state index < -0.39 is 9.84 Å². The van der Waals surface area contributed by atoms with Gasteiger partial charge in [-0.1, -0.05) is 80.1 Å². The smallest absolute Gasteiger partial charge is 0.182 e. The topological polar surface area (TPSA) is 34.1 Å². The van der Waals surface area contributed by atoms with Crippen LogP contribution in [0.5, 0.6) is 0 Å². The predicted octanol–water partition coefficient (Wildman–Crippen LogP) is 4.77. The number of hydrogen-bond acceptors (Lipinski definition) is 2. The Morgan fingerprint density at radius 3 is 2.39 bits per heavy atom. The lowest BCUT2D eigenvalue weighted by Crippen LogP contribution is -2.10. The van der Waals surface area contributed by atoms with Crippen LogP contribution in [0.1, 0.15) is 30.0 Å². The lowest BCUT2D eigenvalue weighted by Gasteiger charge is -2.12. The first kappa shape index (κ1) is 17.2. The largest absolute Gasteiger partial charge is 0.223 e. The highest BCUT2D eigenvalue weighted by Gasteiger charge is 2.20. The quantitative estimate of drug-likeness (QED) is 0.542. The third kappa shape index (κ3) is 4.42. The lowest BCUT2D eigenvalue weighted by atomic mass is 10.1. The van der Waals surface area contributed by atoms with Crippen LogP contribution in [0.25, 0.3) is 12.2 Å². The summed E-state index contributed by atoms with van der Waals surface area (Å²) in [4.78, 5) is 0.439. The minimum absolute atomic E-state index is 0.0418. The number of hydrogen-bond donors (Lipinski definition) is 0. The molecule has 0 saturated heterocycles. The van der Waals surface area contributed by atoms with Crippen molar-refractivity contribution in [1.29, 1.82) is 0 Å². The van der Waals surface area contributed by atoms with Crippen molar-refractivity contribution >= 4 is 22.0 Å². The second kappa shape index (κ2) is 7.93. The molecule has 0 saturated carbocycles. The van der Waals surface area contributed by atoms with Crippen LogP contribution in [0.3, 0.4) is 0 Å². The molecule has 2 nitrogen and oxygen atoms in total. The van der Waals surface area contributed by atoms with E-state index in [1.807, 2.05) is 60.7 Å². The van der Waals surface area contributed by atoms with Gasteiger partial charge in [-0.3, -0.25) is 0 Å². The van der Waals surface area contributed by atoms with Crippen molar-refractivity contribution in [2.75, 3.05) is 5.75 Å². The molecule has 0 aliphatic rings. The van der Waals surface area contributed by atoms with Gasteiger partial charge in [0.15, 0.2) is 9.84 Å². The zero-order valence-corrected chi connectivity index (χ0v) is 14.2. The standard InChI is InChI=1S/C20H22O2S/c1-3-9-18-12-8-13-19(20(18)23(21,22)16-4-2)15-14-17-10-6-5-7-11-17/h4-8,10-15H,2-3,9,16H2,1H3. The average molecular weight is 326 g/mol. The molecule has 0 spiro atoms. The molecular weight excluding hydrogens is 304 g/mol. The van der Waals surface area contributed by atoms with Crippen molar-refractivity contribution < 1.29 is 8.42 Å². The van der Waals surface area contributed by atoms with Crippen LogP contribution >= 0.6 is 0 Å². The molecule has 0 aliphatic carbocycles. The molecule has 0 atom stereocenters. The highest BCUT2D eigenvalue weighted by Crippen LogP contribution is 2.25. The molecule has 0 radical (unpaired) electrons. The Hall–Kier alpha value is -2.13. The SMILES string of the molecule is C=CCS(=O)(=O)c1c(C=Cc2ccccc2)cccc1CCC. The van der Waals surface area contributed by atoms with Crippen molar-refractivity contribution in [2.24, 2.45) is 0 Å². The van der Waals surface area contributed by atoms with Crippen LogP contribution in [-0.2, 0) is 16.3 Å². The zero-order chi connectivity index (χ0) is 16.7. The predicted molar refractivity (Wildman–Crippen MR) is 98.1 cm³/mol. The van der Waals surface area contributed by atoms with Crippen LogP contribution in [0.4, 0.5) is 0 Å². The molecule has 2 aromatic rings. The zero-order valence-electron chi connectivity index (χ0n) is 13.4. The molecule has 2 aromatic carbocycles. The molecule has 3 heteroatoms. The van der Waals surface area contributed by atoms with Gasteiger partial charge in [-0.15, -0.1) is 6.58 Å². The van der Waals surface area contributed by atoms with E-state index in [-0.39, 0.29) is 5.75 Å². The molecule has 0 aliphatic heterocycles. The highest BCUT2D eigenvalue weighted by molar-refractivity contribution is 7.91. The maximum Gasteiger partial charge on any atom is 0.182 e. The van der Waals surface area contributed by atoms with E-state index >= 15 is 0 Å². The van der Waals surface area contributed by atoms with Crippen molar-refractivity contribution in [1.82, 2.24) is 0 Å². The highest BCUT2D eigenvalue weighted by atomic mass is 32.2. The Morgan fingerprint density at radius 2 is 1.74 bits per heavy atom. The molecule has 0 unspecified atom stereocenters. The van der Waals surface area contributed by atoms with Crippen molar-refractivity contribution in [3.63, 3.8) is 0 Å². The molecule has 2 rings (SSSR count). The van der Waals surface area contributed by atoms with Crippen LogP contribution in [0, 0.1) is 0 Å². The summed E-state index contributed by atoms with van der Waals surface area (Å²) in [7, 11) is -3.37. The summed E-state index contributed by atoms with van der Waals surface area (Å²) >= 11 is 0. The van der Waals surface area contributed by atoms with Gasteiger partial charge in [0.1, 0.15) is 0 Å². The van der Waals surface area contributed by atoms with E-state index in [1.165, 1.54) is 6.08 Å². The Bertz CT molecular complexity index is 788. The van der Waals surface area contributed by atoms with Gasteiger partial charge in [-0.25, -0.2) is 8.42 Å². The average Bonchev–Trinajstić information content (AvgIpc) is 2.54. The van der Waals surface area contributed by atoms with Crippen LogP contribution < -0.4 is 0 Å². The summed E-state index contributed by atoms with van der Waals surface area (Å²) in [6.07, 6.45) is 6.92. The first-order valence-electron chi connectivity index (χ1n) is 7.77. The van der Waals surface area contributed by atoms with Crippen molar-refractivity contribution in [3.05, 3.63) is 77.9 Å². The Morgan fingerprint density at radius 1 is 1.00 bits per heavy atom. The number of rotatable bonds is 7. The summed E-state index contributed by atoms with van der Waals surface area (Å²) in [5, 5.41) is 0. The van der Waals surface area contributed by atoms with Crippen LogP contribution in [-0.4, -0.2) is 14.2 Å². The Kier molecular flexibility index (Phi) is 5.94. The number of aryl methyl sites for hydroxylation is 1. The molecule has 0 fully saturated rings. The van der Waals surface area contributed by atoms with Gasteiger partial charge in [-0.2, -0.15) is 0 Å². The third-order valence-corrected chi connectivity index (χ3v) is 5.34. The van der Waals surface area contributed by atoms with E-state index in [4.69, 9.17) is 0 Å². The van der Waals surface area contributed by atoms with E-state index in [9.17, 15) is 8.42 Å². The Balaban J connectivity index is 2.53. The molecule has 0 N–H and O–H groups in total. The maximum absolute atomic E-state index is 12.7. The fraction of sp³-hybridized carbons (Fsp3) is 0.200. The molecule has 0 aromatic heterocycles. The van der Waals surface area contributed by atoms with Gasteiger partial charge in [0, 0.05) is 0 Å². The van der Waals surface area contributed by atoms with Gasteiger partial charge in [0.2, 0.25) is 0 Å². The van der Waals surface area contributed by atoms with Gasteiger partial charge in [-0.05, 0) is 23.1 Å². The molecule has 0 amide bonds.